The Labute approximate surface area is 170 Å². The zero-order chi connectivity index (χ0) is 20.3. The Balaban J connectivity index is 1.94. The third-order valence-electron chi connectivity index (χ3n) is 3.90. The fourth-order valence-electron chi connectivity index (χ4n) is 2.60. The van der Waals surface area contributed by atoms with Crippen molar-refractivity contribution in [2.75, 3.05) is 11.1 Å². The second-order valence-corrected chi connectivity index (χ2v) is 6.81. The van der Waals surface area contributed by atoms with E-state index in [-0.39, 0.29) is 17.6 Å². The van der Waals surface area contributed by atoms with Crippen molar-refractivity contribution in [3.8, 4) is 23.8 Å². The molecule has 0 atom stereocenters. The van der Waals surface area contributed by atoms with E-state index in [0.29, 0.717) is 27.0 Å². The predicted molar refractivity (Wildman–Crippen MR) is 109 cm³/mol. The molecule has 1 heterocycles. The summed E-state index contributed by atoms with van der Waals surface area (Å²) in [6, 6.07) is 14.5. The first-order valence-corrected chi connectivity index (χ1v) is 9.00. The molecule has 1 aromatic heterocycles. The van der Waals surface area contributed by atoms with Gasteiger partial charge in [-0.2, -0.15) is 20.5 Å². The highest BCUT2D eigenvalue weighted by Gasteiger charge is 2.16. The minimum Gasteiger partial charge on any atom is -0.437 e. The van der Waals surface area contributed by atoms with E-state index in [2.05, 4.69) is 43.4 Å². The Morgan fingerprint density at radius 3 is 2.18 bits per heavy atom. The van der Waals surface area contributed by atoms with Crippen LogP contribution in [0.15, 0.2) is 40.9 Å². The largest absolute Gasteiger partial charge is 0.437 e. The van der Waals surface area contributed by atoms with Gasteiger partial charge in [0.25, 0.3) is 0 Å². The maximum Gasteiger partial charge on any atom is 0.240 e. The lowest BCUT2D eigenvalue weighted by atomic mass is 10.1. The van der Waals surface area contributed by atoms with Gasteiger partial charge < -0.3 is 15.8 Å². The Bertz CT molecular complexity index is 1110. The van der Waals surface area contributed by atoms with Crippen molar-refractivity contribution < 1.29 is 4.74 Å². The zero-order valence-corrected chi connectivity index (χ0v) is 16.7. The molecule has 0 spiro atoms. The Kier molecular flexibility index (Phi) is 5.44. The van der Waals surface area contributed by atoms with Crippen LogP contribution in [0, 0.1) is 36.5 Å². The number of nitrogens with one attached hydrogen (secondary N) is 1. The molecule has 0 aliphatic heterocycles. The molecule has 0 radical (unpaired) electrons. The standard InChI is InChI=1S/C20H15BrN6O/c1-11-7-14(10-23)8-12(2)17(11)28-19-16(21)18(24)26-20(27-19)25-15-5-3-13(9-22)4-6-15/h3-8H,1-2H3,(H3,24,25,26,27)/i21-3. The second kappa shape index (κ2) is 7.95. The van der Waals surface area contributed by atoms with E-state index in [4.69, 9.17) is 21.0 Å². The molecular formula is C20H15BrN6O. The summed E-state index contributed by atoms with van der Waals surface area (Å²) in [4.78, 5) is 8.60. The Morgan fingerprint density at radius 1 is 1.00 bits per heavy atom. The zero-order valence-electron chi connectivity index (χ0n) is 15.1. The number of aryl methyl sites for hydroxylation is 2. The van der Waals surface area contributed by atoms with E-state index in [1.165, 1.54) is 0 Å². The quantitative estimate of drug-likeness (QED) is 0.612. The molecule has 8 heteroatoms. The van der Waals surface area contributed by atoms with Gasteiger partial charge in [-0.15, -0.1) is 0 Å². The van der Waals surface area contributed by atoms with Crippen molar-refractivity contribution >= 4 is 33.4 Å². The molecule has 7 nitrogen and oxygen atoms in total. The fraction of sp³-hybridized carbons (Fsp3) is 0.100. The smallest absolute Gasteiger partial charge is 0.240 e. The van der Waals surface area contributed by atoms with Crippen molar-refractivity contribution in [3.05, 3.63) is 63.1 Å². The number of nitrogens with two attached hydrogens (primary N) is 1. The summed E-state index contributed by atoms with van der Waals surface area (Å²) >= 11 is 3.36. The molecule has 0 saturated carbocycles. The van der Waals surface area contributed by atoms with Gasteiger partial charge in [0.15, 0.2) is 0 Å². The van der Waals surface area contributed by atoms with Gasteiger partial charge in [0, 0.05) is 5.69 Å². The van der Waals surface area contributed by atoms with Crippen molar-refractivity contribution in [2.45, 2.75) is 13.8 Å². The molecule has 0 bridgehead atoms. The summed E-state index contributed by atoms with van der Waals surface area (Å²) in [5.41, 5.74) is 9.43. The third-order valence-corrected chi connectivity index (χ3v) is 4.65. The van der Waals surface area contributed by atoms with Crippen LogP contribution < -0.4 is 15.8 Å². The summed E-state index contributed by atoms with van der Waals surface area (Å²) < 4.78 is 6.43. The number of anilines is 3. The van der Waals surface area contributed by atoms with Crippen LogP contribution in [0.1, 0.15) is 22.3 Å². The molecule has 28 heavy (non-hydrogen) atoms. The van der Waals surface area contributed by atoms with Gasteiger partial charge in [0.2, 0.25) is 11.8 Å². The van der Waals surface area contributed by atoms with Crippen LogP contribution in [-0.2, 0) is 0 Å². The summed E-state index contributed by atoms with van der Waals surface area (Å²) in [5.74, 6) is 1.32. The first-order valence-electron chi connectivity index (χ1n) is 8.20. The normalized spacial score (nSPS) is 10.0. The van der Waals surface area contributed by atoms with Crippen molar-refractivity contribution in [1.29, 1.82) is 10.5 Å². The van der Waals surface area contributed by atoms with Gasteiger partial charge in [-0.25, -0.2) is 0 Å². The van der Waals surface area contributed by atoms with E-state index in [1.807, 2.05) is 13.8 Å². The van der Waals surface area contributed by atoms with Crippen molar-refractivity contribution in [1.82, 2.24) is 9.97 Å². The van der Waals surface area contributed by atoms with Crippen LogP contribution in [0.3, 0.4) is 0 Å². The number of hydrogen-bond donors (Lipinski definition) is 2. The maximum atomic E-state index is 9.10. The molecule has 138 valence electrons. The van der Waals surface area contributed by atoms with E-state index in [0.717, 1.165) is 11.1 Å². The van der Waals surface area contributed by atoms with Gasteiger partial charge in [0.05, 0.1) is 23.3 Å². The third kappa shape index (κ3) is 4.03. The van der Waals surface area contributed by atoms with Crippen LogP contribution in [0.25, 0.3) is 0 Å². The maximum absolute atomic E-state index is 9.10. The van der Waals surface area contributed by atoms with Gasteiger partial charge in [0.1, 0.15) is 16.0 Å². The highest BCUT2D eigenvalue weighted by atomic mass is 76.9. The molecule has 3 aromatic rings. The molecular weight excluding hydrogens is 417 g/mol. The van der Waals surface area contributed by atoms with Crippen LogP contribution in [0.2, 0.25) is 0 Å². The van der Waals surface area contributed by atoms with Crippen LogP contribution in [0.4, 0.5) is 17.5 Å². The van der Waals surface area contributed by atoms with Crippen molar-refractivity contribution in [2.24, 2.45) is 0 Å². The average molecular weight is 432 g/mol. The fourth-order valence-corrected chi connectivity index (χ4v) is 2.85. The number of benzene rings is 2. The number of nitrogen functional groups attached to an aromatic ring is 1. The van der Waals surface area contributed by atoms with E-state index in [1.54, 1.807) is 36.4 Å². The number of nitrogens with zero attached hydrogens (tertiary/aromatic N) is 4. The molecule has 0 unspecified atom stereocenters. The summed E-state index contributed by atoms with van der Waals surface area (Å²) in [7, 11) is 0. The van der Waals surface area contributed by atoms with Crippen LogP contribution >= 0.6 is 15.9 Å². The molecule has 0 fully saturated rings. The average Bonchev–Trinajstić information content (AvgIpc) is 2.68. The topological polar surface area (TPSA) is 121 Å². The summed E-state index contributed by atoms with van der Waals surface area (Å²) in [6.07, 6.45) is 0. The second-order valence-electron chi connectivity index (χ2n) is 6.02. The van der Waals surface area contributed by atoms with Gasteiger partial charge >= 0.3 is 0 Å². The Hall–Kier alpha value is -3.62. The van der Waals surface area contributed by atoms with E-state index >= 15 is 0 Å². The molecule has 3 N–H and O–H groups in total. The SMILES string of the molecule is Cc1cc(C#N)cc(C)c1Oc1nc(Nc2ccc(C#N)cc2)nc(N)c1[77Br]. The molecule has 3 rings (SSSR count). The van der Waals surface area contributed by atoms with Gasteiger partial charge in [-0.3, -0.25) is 0 Å². The number of aromatic nitrogens is 2. The van der Waals surface area contributed by atoms with Crippen molar-refractivity contribution in [3.63, 3.8) is 0 Å². The van der Waals surface area contributed by atoms with E-state index in [9.17, 15) is 0 Å². The highest BCUT2D eigenvalue weighted by molar-refractivity contribution is 9.10. The molecule has 0 aliphatic carbocycles. The summed E-state index contributed by atoms with van der Waals surface area (Å²) in [5, 5.41) is 21.0. The Morgan fingerprint density at radius 2 is 1.61 bits per heavy atom. The lowest BCUT2D eigenvalue weighted by molar-refractivity contribution is 0.453. The molecule has 2 aromatic carbocycles. The van der Waals surface area contributed by atoms with Crippen LogP contribution in [-0.4, -0.2) is 9.97 Å². The highest BCUT2D eigenvalue weighted by Crippen LogP contribution is 2.36. The number of hydrogen-bond acceptors (Lipinski definition) is 7. The van der Waals surface area contributed by atoms with Gasteiger partial charge in [-0.05, 0) is 77.3 Å². The predicted octanol–water partition coefficient (Wildman–Crippen LogP) is 4.72. The number of ether oxygens (including phenoxy) is 1. The summed E-state index contributed by atoms with van der Waals surface area (Å²) in [6.45, 7) is 3.72. The monoisotopic (exact) mass is 432 g/mol. The number of halogens is 1. The molecule has 0 aliphatic rings. The molecule has 0 saturated heterocycles. The first kappa shape index (κ1) is 19.2. The lowest BCUT2D eigenvalue weighted by Gasteiger charge is -2.14. The number of nitriles is 2. The lowest BCUT2D eigenvalue weighted by Crippen LogP contribution is -2.04. The molecule has 0 amide bonds. The minimum atomic E-state index is 0.213. The van der Waals surface area contributed by atoms with E-state index < -0.39 is 0 Å². The minimum absolute atomic E-state index is 0.213. The first-order chi connectivity index (χ1) is 13.4. The van der Waals surface area contributed by atoms with Gasteiger partial charge in [-0.1, -0.05) is 0 Å². The van der Waals surface area contributed by atoms with Crippen LogP contribution in [0.5, 0.6) is 11.6 Å². The number of rotatable bonds is 4.